The summed E-state index contributed by atoms with van der Waals surface area (Å²) in [6.45, 7) is 4.72. The Hall–Kier alpha value is -3.27. The first-order valence-electron chi connectivity index (χ1n) is 9.58. The number of nitrogens with zero attached hydrogens (tertiary/aromatic N) is 3. The molecule has 1 fully saturated rings. The summed E-state index contributed by atoms with van der Waals surface area (Å²) in [5.74, 6) is 1.82. The van der Waals surface area contributed by atoms with Gasteiger partial charge in [-0.2, -0.15) is 5.26 Å². The van der Waals surface area contributed by atoms with Crippen molar-refractivity contribution in [3.63, 3.8) is 0 Å². The smallest absolute Gasteiger partial charge is 0.319 e. The number of rotatable bonds is 6. The Balaban J connectivity index is 1.47. The molecule has 0 saturated carbocycles. The summed E-state index contributed by atoms with van der Waals surface area (Å²) < 4.78 is 5.53. The van der Waals surface area contributed by atoms with Crippen LogP contribution in [0, 0.1) is 17.2 Å². The zero-order valence-corrected chi connectivity index (χ0v) is 16.0. The molecule has 3 rings (SSSR count). The van der Waals surface area contributed by atoms with Crippen molar-refractivity contribution in [2.75, 3.05) is 36.5 Å². The highest BCUT2D eigenvalue weighted by Crippen LogP contribution is 2.25. The van der Waals surface area contributed by atoms with Gasteiger partial charge in [0.25, 0.3) is 0 Å². The molecule has 1 saturated heterocycles. The van der Waals surface area contributed by atoms with Crippen LogP contribution >= 0.6 is 0 Å². The van der Waals surface area contributed by atoms with Gasteiger partial charge < -0.3 is 20.3 Å². The van der Waals surface area contributed by atoms with Gasteiger partial charge in [-0.3, -0.25) is 0 Å². The lowest BCUT2D eigenvalue weighted by molar-refractivity contribution is 0.248. The number of nitriles is 1. The summed E-state index contributed by atoms with van der Waals surface area (Å²) in [5.41, 5.74) is 1.27. The predicted molar refractivity (Wildman–Crippen MR) is 109 cm³/mol. The standard InChI is InChI=1S/C21H25N5O2/c1-2-28-19-8-4-3-7-18(19)25-21(27)24-15-16-9-12-26(13-10-16)20-17(14-22)6-5-11-23-20/h3-8,11,16H,2,9-10,12-13,15H2,1H3,(H2,24,25,27). The first-order valence-corrected chi connectivity index (χ1v) is 9.58. The molecule has 1 aromatic heterocycles. The Labute approximate surface area is 165 Å². The van der Waals surface area contributed by atoms with Crippen molar-refractivity contribution < 1.29 is 9.53 Å². The molecular formula is C21H25N5O2. The fraction of sp³-hybridized carbons (Fsp3) is 0.381. The summed E-state index contributed by atoms with van der Waals surface area (Å²) >= 11 is 0. The number of urea groups is 1. The Kier molecular flexibility index (Phi) is 6.68. The van der Waals surface area contributed by atoms with Gasteiger partial charge in [0.1, 0.15) is 17.6 Å². The Morgan fingerprint density at radius 3 is 2.82 bits per heavy atom. The third kappa shape index (κ3) is 4.92. The summed E-state index contributed by atoms with van der Waals surface area (Å²) in [7, 11) is 0. The quantitative estimate of drug-likeness (QED) is 0.803. The molecule has 2 amide bonds. The first-order chi connectivity index (χ1) is 13.7. The number of amides is 2. The molecule has 7 nitrogen and oxygen atoms in total. The molecule has 0 spiro atoms. The summed E-state index contributed by atoms with van der Waals surface area (Å²) in [6.07, 6.45) is 3.60. The van der Waals surface area contributed by atoms with Gasteiger partial charge in [0.05, 0.1) is 17.9 Å². The van der Waals surface area contributed by atoms with E-state index in [0.717, 1.165) is 31.7 Å². The lowest BCUT2D eigenvalue weighted by Crippen LogP contribution is -2.40. The van der Waals surface area contributed by atoms with Crippen molar-refractivity contribution in [2.24, 2.45) is 5.92 Å². The fourth-order valence-electron chi connectivity index (χ4n) is 3.34. The molecule has 0 bridgehead atoms. The van der Waals surface area contributed by atoms with E-state index < -0.39 is 0 Å². The average molecular weight is 379 g/mol. The lowest BCUT2D eigenvalue weighted by Gasteiger charge is -2.33. The van der Waals surface area contributed by atoms with Crippen molar-refractivity contribution >= 4 is 17.5 Å². The molecule has 1 aliphatic heterocycles. The van der Waals surface area contributed by atoms with E-state index in [4.69, 9.17) is 4.74 Å². The first kappa shape index (κ1) is 19.5. The largest absolute Gasteiger partial charge is 0.492 e. The second kappa shape index (κ2) is 9.60. The molecule has 0 unspecified atom stereocenters. The number of ether oxygens (including phenoxy) is 1. The maximum atomic E-state index is 12.2. The minimum absolute atomic E-state index is 0.230. The Morgan fingerprint density at radius 1 is 1.29 bits per heavy atom. The van der Waals surface area contributed by atoms with Crippen LogP contribution in [0.1, 0.15) is 25.3 Å². The van der Waals surface area contributed by atoms with Crippen LogP contribution in [0.2, 0.25) is 0 Å². The van der Waals surface area contributed by atoms with Crippen LogP contribution in [0.5, 0.6) is 5.75 Å². The second-order valence-electron chi connectivity index (χ2n) is 6.68. The molecule has 0 atom stereocenters. The fourth-order valence-corrected chi connectivity index (χ4v) is 3.34. The van der Waals surface area contributed by atoms with E-state index in [9.17, 15) is 10.1 Å². The van der Waals surface area contributed by atoms with Crippen LogP contribution in [0.25, 0.3) is 0 Å². The highest BCUT2D eigenvalue weighted by atomic mass is 16.5. The molecule has 2 heterocycles. The van der Waals surface area contributed by atoms with Gasteiger partial charge in [-0.05, 0) is 49.9 Å². The van der Waals surface area contributed by atoms with E-state index in [1.807, 2.05) is 31.2 Å². The number of benzene rings is 1. The zero-order valence-electron chi connectivity index (χ0n) is 16.0. The average Bonchev–Trinajstić information content (AvgIpc) is 2.74. The Morgan fingerprint density at radius 2 is 2.07 bits per heavy atom. The lowest BCUT2D eigenvalue weighted by atomic mass is 9.96. The summed E-state index contributed by atoms with van der Waals surface area (Å²) in [5, 5.41) is 15.0. The normalized spacial score (nSPS) is 14.2. The minimum atomic E-state index is -0.230. The van der Waals surface area contributed by atoms with Gasteiger partial charge in [-0.15, -0.1) is 0 Å². The van der Waals surface area contributed by atoms with Gasteiger partial charge in [-0.1, -0.05) is 12.1 Å². The van der Waals surface area contributed by atoms with E-state index in [1.165, 1.54) is 0 Å². The number of nitrogens with one attached hydrogen (secondary N) is 2. The van der Waals surface area contributed by atoms with Crippen molar-refractivity contribution in [2.45, 2.75) is 19.8 Å². The molecule has 1 aliphatic rings. The van der Waals surface area contributed by atoms with Crippen LogP contribution in [0.4, 0.5) is 16.3 Å². The number of anilines is 2. The van der Waals surface area contributed by atoms with E-state index in [1.54, 1.807) is 18.3 Å². The van der Waals surface area contributed by atoms with Crippen LogP contribution in [0.3, 0.4) is 0 Å². The van der Waals surface area contributed by atoms with E-state index in [0.29, 0.717) is 36.1 Å². The zero-order chi connectivity index (χ0) is 19.8. The van der Waals surface area contributed by atoms with Crippen molar-refractivity contribution in [1.29, 1.82) is 5.26 Å². The molecule has 2 N–H and O–H groups in total. The highest BCUT2D eigenvalue weighted by Gasteiger charge is 2.22. The summed E-state index contributed by atoms with van der Waals surface area (Å²) in [6, 6.07) is 12.9. The maximum Gasteiger partial charge on any atom is 0.319 e. The van der Waals surface area contributed by atoms with Crippen molar-refractivity contribution in [1.82, 2.24) is 10.3 Å². The molecule has 28 heavy (non-hydrogen) atoms. The van der Waals surface area contributed by atoms with Crippen LogP contribution in [0.15, 0.2) is 42.6 Å². The molecule has 0 aliphatic carbocycles. The predicted octanol–water partition coefficient (Wildman–Crippen LogP) is 3.39. The molecular weight excluding hydrogens is 354 g/mol. The monoisotopic (exact) mass is 379 g/mol. The number of carbonyl (C=O) groups excluding carboxylic acids is 1. The van der Waals surface area contributed by atoms with E-state index in [2.05, 4.69) is 26.6 Å². The molecule has 146 valence electrons. The maximum absolute atomic E-state index is 12.2. The number of para-hydroxylation sites is 2. The number of piperidine rings is 1. The van der Waals surface area contributed by atoms with Gasteiger partial charge in [-0.25, -0.2) is 9.78 Å². The minimum Gasteiger partial charge on any atom is -0.492 e. The van der Waals surface area contributed by atoms with Gasteiger partial charge in [0.15, 0.2) is 0 Å². The molecule has 1 aromatic carbocycles. The topological polar surface area (TPSA) is 90.3 Å². The van der Waals surface area contributed by atoms with Crippen LogP contribution in [-0.2, 0) is 0 Å². The molecule has 0 radical (unpaired) electrons. The van der Waals surface area contributed by atoms with E-state index in [-0.39, 0.29) is 6.03 Å². The van der Waals surface area contributed by atoms with Gasteiger partial charge in [0, 0.05) is 25.8 Å². The summed E-state index contributed by atoms with van der Waals surface area (Å²) in [4.78, 5) is 18.7. The number of carbonyl (C=O) groups is 1. The van der Waals surface area contributed by atoms with Crippen LogP contribution in [-0.4, -0.2) is 37.3 Å². The van der Waals surface area contributed by atoms with Gasteiger partial charge >= 0.3 is 6.03 Å². The second-order valence-corrected chi connectivity index (χ2v) is 6.68. The Bertz CT molecular complexity index is 841. The van der Waals surface area contributed by atoms with Crippen molar-refractivity contribution in [3.8, 4) is 11.8 Å². The number of aromatic nitrogens is 1. The third-order valence-corrected chi connectivity index (χ3v) is 4.81. The third-order valence-electron chi connectivity index (χ3n) is 4.81. The highest BCUT2D eigenvalue weighted by molar-refractivity contribution is 5.90. The SMILES string of the molecule is CCOc1ccccc1NC(=O)NCC1CCN(c2ncccc2C#N)CC1. The molecule has 7 heteroatoms. The van der Waals surface area contributed by atoms with E-state index >= 15 is 0 Å². The molecule has 2 aromatic rings. The van der Waals surface area contributed by atoms with Gasteiger partial charge in [0.2, 0.25) is 0 Å². The number of pyridine rings is 1. The van der Waals surface area contributed by atoms with Crippen molar-refractivity contribution in [3.05, 3.63) is 48.2 Å². The number of hydrogen-bond acceptors (Lipinski definition) is 5. The number of hydrogen-bond donors (Lipinski definition) is 2. The van der Waals surface area contributed by atoms with Crippen LogP contribution < -0.4 is 20.3 Å².